The van der Waals surface area contributed by atoms with Gasteiger partial charge in [-0.2, -0.15) is 0 Å². The van der Waals surface area contributed by atoms with Gasteiger partial charge in [0.2, 0.25) is 0 Å². The third-order valence-corrected chi connectivity index (χ3v) is 2.08. The van der Waals surface area contributed by atoms with Crippen molar-refractivity contribution in [1.29, 1.82) is 0 Å². The van der Waals surface area contributed by atoms with E-state index in [9.17, 15) is 4.79 Å². The summed E-state index contributed by atoms with van der Waals surface area (Å²) in [6, 6.07) is 0. The molecule has 0 saturated carbocycles. The molecule has 0 spiro atoms. The van der Waals surface area contributed by atoms with Crippen molar-refractivity contribution in [2.45, 2.75) is 25.2 Å². The van der Waals surface area contributed by atoms with Gasteiger partial charge in [-0.1, -0.05) is 6.58 Å². The third kappa shape index (κ3) is 4.00. The van der Waals surface area contributed by atoms with Crippen molar-refractivity contribution < 1.29 is 19.0 Å². The van der Waals surface area contributed by atoms with Crippen molar-refractivity contribution in [3.05, 3.63) is 12.2 Å². The Labute approximate surface area is 84.8 Å². The fraction of sp³-hybridized carbons (Fsp3) is 0.700. The fourth-order valence-electron chi connectivity index (χ4n) is 1.15. The number of allylic oxidation sites excluding steroid dienone is 1. The molecule has 4 heteroatoms. The second-order valence-electron chi connectivity index (χ2n) is 2.93. The second kappa shape index (κ2) is 6.70. The average Bonchev–Trinajstić information content (AvgIpc) is 2.25. The molecule has 14 heavy (non-hydrogen) atoms. The summed E-state index contributed by atoms with van der Waals surface area (Å²) < 4.78 is 15.3. The molecule has 0 heterocycles. The van der Waals surface area contributed by atoms with Gasteiger partial charge in [0.15, 0.2) is 0 Å². The molecule has 4 nitrogen and oxygen atoms in total. The van der Waals surface area contributed by atoms with Crippen LogP contribution in [0.15, 0.2) is 12.2 Å². The molecule has 0 aromatic heterocycles. The summed E-state index contributed by atoms with van der Waals surface area (Å²) in [7, 11) is 4.55. The Bertz CT molecular complexity index is 176. The maximum absolute atomic E-state index is 10.3. The number of ether oxygens (including phenoxy) is 3. The minimum absolute atomic E-state index is 0.559. The van der Waals surface area contributed by atoms with E-state index in [0.29, 0.717) is 18.4 Å². The number of carbonyl (C=O) groups is 1. The molecule has 0 saturated heterocycles. The van der Waals surface area contributed by atoms with Gasteiger partial charge in [-0.15, -0.1) is 0 Å². The lowest BCUT2D eigenvalue weighted by atomic mass is 10.1. The van der Waals surface area contributed by atoms with Crippen LogP contribution in [-0.2, 0) is 19.0 Å². The molecule has 0 aromatic carbocycles. The van der Waals surface area contributed by atoms with Crippen LogP contribution < -0.4 is 0 Å². The van der Waals surface area contributed by atoms with Crippen molar-refractivity contribution in [3.8, 4) is 0 Å². The van der Waals surface area contributed by atoms with E-state index in [2.05, 4.69) is 6.58 Å². The summed E-state index contributed by atoms with van der Waals surface area (Å²) in [5.41, 5.74) is 0.571. The van der Waals surface area contributed by atoms with Crippen LogP contribution in [0.3, 0.4) is 0 Å². The van der Waals surface area contributed by atoms with Crippen LogP contribution in [0, 0.1) is 0 Å². The quantitative estimate of drug-likeness (QED) is 0.340. The van der Waals surface area contributed by atoms with Gasteiger partial charge in [-0.25, -0.2) is 0 Å². The number of hydrogen-bond donors (Lipinski definition) is 0. The molecule has 82 valence electrons. The largest absolute Gasteiger partial charge is 0.331 e. The lowest BCUT2D eigenvalue weighted by Gasteiger charge is -2.28. The van der Waals surface area contributed by atoms with Crippen molar-refractivity contribution in [2.75, 3.05) is 21.3 Å². The monoisotopic (exact) mass is 202 g/mol. The van der Waals surface area contributed by atoms with E-state index in [1.165, 1.54) is 21.3 Å². The molecule has 0 amide bonds. The summed E-state index contributed by atoms with van der Waals surface area (Å²) in [5.74, 6) is -0.997. The van der Waals surface area contributed by atoms with Gasteiger partial charge < -0.3 is 14.2 Å². The van der Waals surface area contributed by atoms with E-state index in [1.807, 2.05) is 0 Å². The predicted molar refractivity (Wildman–Crippen MR) is 52.8 cm³/mol. The molecule has 0 N–H and O–H groups in total. The molecule has 0 unspecified atom stereocenters. The van der Waals surface area contributed by atoms with Crippen LogP contribution in [0.1, 0.15) is 19.3 Å². The summed E-state index contributed by atoms with van der Waals surface area (Å²) in [5, 5.41) is 0. The number of carbonyl (C=O) groups excluding carboxylic acids is 1. The Kier molecular flexibility index (Phi) is 6.36. The minimum Gasteiger partial charge on any atom is -0.331 e. The molecule has 0 rings (SSSR count). The molecule has 0 radical (unpaired) electrons. The zero-order valence-electron chi connectivity index (χ0n) is 9.04. The Morgan fingerprint density at radius 1 is 1.29 bits per heavy atom. The zero-order chi connectivity index (χ0) is 11.0. The van der Waals surface area contributed by atoms with Crippen LogP contribution in [0.4, 0.5) is 0 Å². The molecule has 0 fully saturated rings. The van der Waals surface area contributed by atoms with Crippen molar-refractivity contribution in [2.24, 2.45) is 0 Å². The van der Waals surface area contributed by atoms with Crippen LogP contribution in [0.25, 0.3) is 0 Å². The van der Waals surface area contributed by atoms with E-state index < -0.39 is 5.97 Å². The van der Waals surface area contributed by atoms with Gasteiger partial charge in [-0.3, -0.25) is 4.79 Å². The van der Waals surface area contributed by atoms with Gasteiger partial charge >= 0.3 is 0 Å². The highest BCUT2D eigenvalue weighted by atomic mass is 16.9. The number of rotatable bonds is 8. The standard InChI is InChI=1S/C10H18O4/c1-9(8-11)6-5-7-10(12-2,13-3)14-4/h8H,1,5-7H2,2-4H3. The maximum Gasteiger partial charge on any atom is 0.282 e. The molecular formula is C10H18O4. The normalized spacial score (nSPS) is 11.4. The van der Waals surface area contributed by atoms with E-state index in [0.717, 1.165) is 12.7 Å². The van der Waals surface area contributed by atoms with Crippen LogP contribution >= 0.6 is 0 Å². The Morgan fingerprint density at radius 2 is 1.79 bits per heavy atom. The van der Waals surface area contributed by atoms with Crippen LogP contribution in [-0.4, -0.2) is 33.6 Å². The Balaban J connectivity index is 3.94. The smallest absolute Gasteiger partial charge is 0.282 e. The molecule has 0 aliphatic carbocycles. The summed E-state index contributed by atoms with van der Waals surface area (Å²) in [6.45, 7) is 3.58. The van der Waals surface area contributed by atoms with E-state index >= 15 is 0 Å². The summed E-state index contributed by atoms with van der Waals surface area (Å²) in [4.78, 5) is 10.3. The number of methoxy groups -OCH3 is 3. The SMILES string of the molecule is C=C(C=O)CCCC(OC)(OC)OC. The highest BCUT2D eigenvalue weighted by molar-refractivity contribution is 5.71. The molecular weight excluding hydrogens is 184 g/mol. The predicted octanol–water partition coefficient (Wildman–Crippen LogP) is 1.50. The van der Waals surface area contributed by atoms with E-state index in [-0.39, 0.29) is 0 Å². The summed E-state index contributed by atoms with van der Waals surface area (Å²) >= 11 is 0. The second-order valence-corrected chi connectivity index (χ2v) is 2.93. The molecule has 0 atom stereocenters. The first-order chi connectivity index (χ1) is 6.64. The highest BCUT2D eigenvalue weighted by Gasteiger charge is 2.28. The maximum atomic E-state index is 10.3. The Morgan fingerprint density at radius 3 is 2.14 bits per heavy atom. The summed E-state index contributed by atoms with van der Waals surface area (Å²) in [6.07, 6.45) is 2.67. The molecule has 0 aromatic rings. The van der Waals surface area contributed by atoms with Crippen molar-refractivity contribution in [1.82, 2.24) is 0 Å². The van der Waals surface area contributed by atoms with Gasteiger partial charge in [0, 0.05) is 27.8 Å². The van der Waals surface area contributed by atoms with E-state index in [4.69, 9.17) is 14.2 Å². The zero-order valence-corrected chi connectivity index (χ0v) is 9.04. The van der Waals surface area contributed by atoms with Crippen molar-refractivity contribution >= 4 is 6.29 Å². The average molecular weight is 202 g/mol. The molecule has 0 aliphatic heterocycles. The van der Waals surface area contributed by atoms with Gasteiger partial charge in [0.1, 0.15) is 6.29 Å². The number of hydrogen-bond acceptors (Lipinski definition) is 4. The van der Waals surface area contributed by atoms with E-state index in [1.54, 1.807) is 0 Å². The fourth-order valence-corrected chi connectivity index (χ4v) is 1.15. The minimum atomic E-state index is -0.997. The number of aldehydes is 1. The molecule has 0 aliphatic rings. The van der Waals surface area contributed by atoms with Gasteiger partial charge in [0.05, 0.1) is 0 Å². The lowest BCUT2D eigenvalue weighted by Crippen LogP contribution is -2.35. The van der Waals surface area contributed by atoms with Gasteiger partial charge in [0.25, 0.3) is 5.97 Å². The van der Waals surface area contributed by atoms with Crippen molar-refractivity contribution in [3.63, 3.8) is 0 Å². The first-order valence-electron chi connectivity index (χ1n) is 4.42. The van der Waals surface area contributed by atoms with Crippen LogP contribution in [0.2, 0.25) is 0 Å². The third-order valence-electron chi connectivity index (χ3n) is 2.08. The molecule has 0 bridgehead atoms. The lowest BCUT2D eigenvalue weighted by molar-refractivity contribution is -0.355. The Hall–Kier alpha value is -0.710. The first-order valence-corrected chi connectivity index (χ1v) is 4.42. The van der Waals surface area contributed by atoms with Crippen LogP contribution in [0.5, 0.6) is 0 Å². The highest BCUT2D eigenvalue weighted by Crippen LogP contribution is 2.20. The topological polar surface area (TPSA) is 44.8 Å². The first kappa shape index (κ1) is 13.3. The van der Waals surface area contributed by atoms with Gasteiger partial charge in [-0.05, 0) is 18.4 Å².